The summed E-state index contributed by atoms with van der Waals surface area (Å²) in [6.45, 7) is 4.04. The van der Waals surface area contributed by atoms with Crippen molar-refractivity contribution in [2.75, 3.05) is 5.32 Å². The number of hydrogen-bond acceptors (Lipinski definition) is 5. The van der Waals surface area contributed by atoms with E-state index < -0.39 is 0 Å². The first-order valence-corrected chi connectivity index (χ1v) is 12.2. The molecule has 37 heavy (non-hydrogen) atoms. The van der Waals surface area contributed by atoms with Crippen LogP contribution in [-0.4, -0.2) is 36.0 Å². The number of imidazole rings is 1. The third-order valence-corrected chi connectivity index (χ3v) is 6.19. The van der Waals surface area contributed by atoms with Gasteiger partial charge in [0.05, 0.1) is 34.1 Å². The fourth-order valence-electron chi connectivity index (χ4n) is 4.50. The number of nitrogens with zero attached hydrogens (tertiary/aromatic N) is 4. The van der Waals surface area contributed by atoms with Crippen molar-refractivity contribution in [2.24, 2.45) is 5.92 Å². The largest absolute Gasteiger partial charge is 0.337 e. The number of para-hydroxylation sites is 1. The molecule has 0 radical (unpaired) electrons. The van der Waals surface area contributed by atoms with Gasteiger partial charge in [-0.05, 0) is 47.9 Å². The highest BCUT2D eigenvalue weighted by atomic mass is 16.1. The van der Waals surface area contributed by atoms with E-state index >= 15 is 0 Å². The Morgan fingerprint density at radius 3 is 2.73 bits per heavy atom. The molecular weight excluding hydrogens is 462 g/mol. The Morgan fingerprint density at radius 2 is 1.89 bits per heavy atom. The molecule has 8 nitrogen and oxygen atoms in total. The summed E-state index contributed by atoms with van der Waals surface area (Å²) in [5.41, 5.74) is 7.77. The summed E-state index contributed by atoms with van der Waals surface area (Å²) in [5.74, 6) is 0.947. The average Bonchev–Trinajstić information content (AvgIpc) is 3.52. The molecule has 3 N–H and O–H groups in total. The molecule has 0 aliphatic carbocycles. The van der Waals surface area contributed by atoms with E-state index in [2.05, 4.69) is 36.5 Å². The maximum atomic E-state index is 12.2. The van der Waals surface area contributed by atoms with Gasteiger partial charge in [-0.2, -0.15) is 5.10 Å². The molecule has 0 fully saturated rings. The minimum Gasteiger partial charge on any atom is -0.337 e. The van der Waals surface area contributed by atoms with Crippen LogP contribution in [0.4, 0.5) is 5.69 Å². The van der Waals surface area contributed by atoms with E-state index in [1.54, 1.807) is 18.6 Å². The molecule has 4 aromatic heterocycles. The summed E-state index contributed by atoms with van der Waals surface area (Å²) in [5, 5.41) is 11.6. The molecule has 0 unspecified atom stereocenters. The second-order valence-electron chi connectivity index (χ2n) is 9.44. The van der Waals surface area contributed by atoms with Crippen LogP contribution in [0.1, 0.15) is 20.3 Å². The number of anilines is 1. The molecule has 0 aliphatic heterocycles. The van der Waals surface area contributed by atoms with Gasteiger partial charge in [-0.15, -0.1) is 0 Å². The SMILES string of the molecule is CC(C)CC(=O)Nc1cncc(-c2ccc3[nH]nc(-c4nc5c(-c6ccccn6)cccc5[nH]4)c3c2)c1. The number of amides is 1. The van der Waals surface area contributed by atoms with Crippen LogP contribution >= 0.6 is 0 Å². The zero-order valence-corrected chi connectivity index (χ0v) is 20.5. The van der Waals surface area contributed by atoms with Gasteiger partial charge in [0.2, 0.25) is 5.91 Å². The average molecular weight is 488 g/mol. The number of fused-ring (bicyclic) bond motifs is 2. The molecule has 8 heteroatoms. The topological polar surface area (TPSA) is 112 Å². The summed E-state index contributed by atoms with van der Waals surface area (Å²) >= 11 is 0. The minimum atomic E-state index is -0.0171. The van der Waals surface area contributed by atoms with E-state index in [9.17, 15) is 4.79 Å². The molecule has 2 aromatic carbocycles. The fraction of sp³-hybridized carbons (Fsp3) is 0.138. The number of nitrogens with one attached hydrogen (secondary N) is 3. The number of benzene rings is 2. The molecule has 0 saturated heterocycles. The Morgan fingerprint density at radius 1 is 0.973 bits per heavy atom. The quantitative estimate of drug-likeness (QED) is 0.258. The molecule has 1 amide bonds. The number of rotatable bonds is 6. The van der Waals surface area contributed by atoms with Crippen molar-refractivity contribution in [2.45, 2.75) is 20.3 Å². The normalized spacial score (nSPS) is 11.4. The van der Waals surface area contributed by atoms with Gasteiger partial charge in [0.1, 0.15) is 5.69 Å². The third kappa shape index (κ3) is 4.45. The first-order valence-electron chi connectivity index (χ1n) is 12.2. The number of hydrogen-bond donors (Lipinski definition) is 3. The van der Waals surface area contributed by atoms with Gasteiger partial charge in [-0.1, -0.05) is 38.1 Å². The molecule has 4 heterocycles. The van der Waals surface area contributed by atoms with Crippen LogP contribution in [0.5, 0.6) is 0 Å². The van der Waals surface area contributed by atoms with Crippen LogP contribution < -0.4 is 5.32 Å². The first kappa shape index (κ1) is 22.6. The van der Waals surface area contributed by atoms with Gasteiger partial charge in [-0.3, -0.25) is 19.9 Å². The second kappa shape index (κ2) is 9.31. The Kier molecular flexibility index (Phi) is 5.69. The number of carbonyl (C=O) groups excluding carboxylic acids is 1. The van der Waals surface area contributed by atoms with Gasteiger partial charge in [0, 0.05) is 35.3 Å². The van der Waals surface area contributed by atoms with E-state index in [1.807, 2.05) is 68.4 Å². The number of aromatic amines is 2. The van der Waals surface area contributed by atoms with Gasteiger partial charge in [0.15, 0.2) is 5.82 Å². The Hall–Kier alpha value is -4.85. The number of H-pyrrole nitrogens is 2. The van der Waals surface area contributed by atoms with E-state index in [0.29, 0.717) is 17.9 Å². The van der Waals surface area contributed by atoms with E-state index in [-0.39, 0.29) is 11.8 Å². The van der Waals surface area contributed by atoms with Crippen LogP contribution in [0.3, 0.4) is 0 Å². The van der Waals surface area contributed by atoms with Crippen LogP contribution in [0.25, 0.3) is 55.8 Å². The maximum absolute atomic E-state index is 12.2. The molecule has 0 bridgehead atoms. The lowest BCUT2D eigenvalue weighted by Gasteiger charge is -2.09. The van der Waals surface area contributed by atoms with E-state index in [0.717, 1.165) is 50.0 Å². The number of aromatic nitrogens is 6. The Bertz CT molecular complexity index is 1730. The van der Waals surface area contributed by atoms with Crippen molar-refractivity contribution in [3.05, 3.63) is 79.3 Å². The first-order chi connectivity index (χ1) is 18.0. The minimum absolute atomic E-state index is 0.0171. The number of pyridine rings is 2. The van der Waals surface area contributed by atoms with Crippen LogP contribution in [0.2, 0.25) is 0 Å². The lowest BCUT2D eigenvalue weighted by atomic mass is 10.0. The molecule has 6 rings (SSSR count). The summed E-state index contributed by atoms with van der Waals surface area (Å²) < 4.78 is 0. The molecule has 6 aromatic rings. The maximum Gasteiger partial charge on any atom is 0.224 e. The smallest absolute Gasteiger partial charge is 0.224 e. The van der Waals surface area contributed by atoms with Crippen molar-refractivity contribution in [1.29, 1.82) is 0 Å². The highest BCUT2D eigenvalue weighted by Gasteiger charge is 2.16. The highest BCUT2D eigenvalue weighted by molar-refractivity contribution is 5.98. The van der Waals surface area contributed by atoms with Gasteiger partial charge < -0.3 is 10.3 Å². The highest BCUT2D eigenvalue weighted by Crippen LogP contribution is 2.33. The van der Waals surface area contributed by atoms with Crippen molar-refractivity contribution < 1.29 is 4.79 Å². The summed E-state index contributed by atoms with van der Waals surface area (Å²) in [6.07, 6.45) is 5.70. The predicted octanol–water partition coefficient (Wildman–Crippen LogP) is 6.21. The summed E-state index contributed by atoms with van der Waals surface area (Å²) in [7, 11) is 0. The standard InChI is InChI=1S/C29H25N7O/c1-17(2)12-26(37)32-20-13-19(15-30-16-20)18-9-10-24-22(14-18)28(36-35-24)29-33-25-8-5-6-21(27(25)34-29)23-7-3-4-11-31-23/h3-11,13-17H,12H2,1-2H3,(H,32,37)(H,33,34)(H,35,36). The van der Waals surface area contributed by atoms with Crippen molar-refractivity contribution in [1.82, 2.24) is 30.1 Å². The van der Waals surface area contributed by atoms with Crippen molar-refractivity contribution >= 4 is 33.5 Å². The zero-order valence-electron chi connectivity index (χ0n) is 20.5. The van der Waals surface area contributed by atoms with Crippen LogP contribution in [-0.2, 0) is 4.79 Å². The molecule has 0 aliphatic rings. The zero-order chi connectivity index (χ0) is 25.4. The number of carbonyl (C=O) groups is 1. The molecule has 0 atom stereocenters. The van der Waals surface area contributed by atoms with Crippen molar-refractivity contribution in [3.8, 4) is 33.9 Å². The van der Waals surface area contributed by atoms with Crippen LogP contribution in [0.15, 0.2) is 79.3 Å². The monoisotopic (exact) mass is 487 g/mol. The lowest BCUT2D eigenvalue weighted by molar-refractivity contribution is -0.116. The summed E-state index contributed by atoms with van der Waals surface area (Å²) in [4.78, 5) is 29.4. The Labute approximate surface area is 213 Å². The second-order valence-corrected chi connectivity index (χ2v) is 9.44. The van der Waals surface area contributed by atoms with Gasteiger partial charge >= 0.3 is 0 Å². The lowest BCUT2D eigenvalue weighted by Crippen LogP contribution is -2.13. The van der Waals surface area contributed by atoms with Gasteiger partial charge in [-0.25, -0.2) is 4.98 Å². The molecular formula is C29H25N7O. The van der Waals surface area contributed by atoms with E-state index in [4.69, 9.17) is 4.98 Å². The third-order valence-electron chi connectivity index (χ3n) is 6.19. The predicted molar refractivity (Wildman–Crippen MR) is 146 cm³/mol. The fourth-order valence-corrected chi connectivity index (χ4v) is 4.50. The summed E-state index contributed by atoms with van der Waals surface area (Å²) in [6, 6.07) is 19.9. The van der Waals surface area contributed by atoms with Crippen LogP contribution in [0, 0.1) is 5.92 Å². The Balaban J connectivity index is 1.38. The molecule has 0 saturated carbocycles. The van der Waals surface area contributed by atoms with Gasteiger partial charge in [0.25, 0.3) is 0 Å². The molecule has 182 valence electrons. The van der Waals surface area contributed by atoms with Crippen molar-refractivity contribution in [3.63, 3.8) is 0 Å². The van der Waals surface area contributed by atoms with E-state index in [1.165, 1.54) is 0 Å². The molecule has 0 spiro atoms.